The van der Waals surface area contributed by atoms with Crippen molar-refractivity contribution in [1.29, 1.82) is 0 Å². The van der Waals surface area contributed by atoms with E-state index in [1.165, 1.54) is 0 Å². The van der Waals surface area contributed by atoms with E-state index < -0.39 is 29.0 Å². The first-order valence-corrected chi connectivity index (χ1v) is 5.70. The lowest BCUT2D eigenvalue weighted by Crippen LogP contribution is -2.26. The fraction of sp³-hybridized carbons (Fsp3) is 0.500. The van der Waals surface area contributed by atoms with E-state index in [1.807, 2.05) is 18.9 Å². The van der Waals surface area contributed by atoms with Crippen LogP contribution in [0.25, 0.3) is 0 Å². The van der Waals surface area contributed by atoms with E-state index in [4.69, 9.17) is 0 Å². The van der Waals surface area contributed by atoms with Gasteiger partial charge in [0.15, 0.2) is 23.3 Å². The SMILES string of the molecule is CC1CC(Nc2c(F)c(F)cc(F)c2F)CN1C. The summed E-state index contributed by atoms with van der Waals surface area (Å²) in [6.07, 6.45) is 0.660. The van der Waals surface area contributed by atoms with Gasteiger partial charge in [-0.1, -0.05) is 0 Å². The molecular formula is C12H14F4N2. The molecule has 100 valence electrons. The molecule has 0 saturated carbocycles. The van der Waals surface area contributed by atoms with Gasteiger partial charge in [0.25, 0.3) is 0 Å². The zero-order valence-electron chi connectivity index (χ0n) is 10.1. The number of benzene rings is 1. The Labute approximate surface area is 103 Å². The topological polar surface area (TPSA) is 15.3 Å². The molecule has 1 N–H and O–H groups in total. The Hall–Kier alpha value is -1.30. The van der Waals surface area contributed by atoms with Gasteiger partial charge in [0.2, 0.25) is 0 Å². The zero-order valence-corrected chi connectivity index (χ0v) is 10.1. The average Bonchev–Trinajstić information content (AvgIpc) is 2.62. The first-order chi connectivity index (χ1) is 8.40. The minimum Gasteiger partial charge on any atom is -0.376 e. The van der Waals surface area contributed by atoms with Gasteiger partial charge in [-0.25, -0.2) is 17.6 Å². The third-order valence-electron chi connectivity index (χ3n) is 3.35. The van der Waals surface area contributed by atoms with Crippen LogP contribution >= 0.6 is 0 Å². The minimum absolute atomic E-state index is 0.208. The number of rotatable bonds is 2. The van der Waals surface area contributed by atoms with Crippen molar-refractivity contribution in [3.63, 3.8) is 0 Å². The highest BCUT2D eigenvalue weighted by molar-refractivity contribution is 5.48. The lowest BCUT2D eigenvalue weighted by Gasteiger charge is -2.16. The highest BCUT2D eigenvalue weighted by Gasteiger charge is 2.28. The quantitative estimate of drug-likeness (QED) is 0.651. The molecule has 1 fully saturated rings. The number of likely N-dealkylation sites (N-methyl/N-ethyl adjacent to an activating group) is 1. The van der Waals surface area contributed by atoms with Crippen LogP contribution in [-0.2, 0) is 0 Å². The van der Waals surface area contributed by atoms with Gasteiger partial charge in [0, 0.05) is 24.7 Å². The number of anilines is 1. The molecule has 1 heterocycles. The van der Waals surface area contributed by atoms with Crippen LogP contribution in [0.5, 0.6) is 0 Å². The maximum Gasteiger partial charge on any atom is 0.185 e. The summed E-state index contributed by atoms with van der Waals surface area (Å²) in [6, 6.07) is 0.237. The first kappa shape index (κ1) is 13.1. The molecule has 1 aliphatic rings. The summed E-state index contributed by atoms with van der Waals surface area (Å²) >= 11 is 0. The van der Waals surface area contributed by atoms with Crippen LogP contribution in [0.1, 0.15) is 13.3 Å². The normalized spacial score (nSPS) is 24.6. The van der Waals surface area contributed by atoms with Crippen molar-refractivity contribution < 1.29 is 17.6 Å². The van der Waals surface area contributed by atoms with Crippen LogP contribution in [0.2, 0.25) is 0 Å². The predicted molar refractivity (Wildman–Crippen MR) is 60.4 cm³/mol. The molecule has 1 saturated heterocycles. The Kier molecular flexibility index (Phi) is 3.47. The number of hydrogen-bond acceptors (Lipinski definition) is 2. The summed E-state index contributed by atoms with van der Waals surface area (Å²) < 4.78 is 52.9. The molecule has 6 heteroatoms. The largest absolute Gasteiger partial charge is 0.376 e. The Balaban J connectivity index is 2.24. The standard InChI is InChI=1S/C12H14F4N2/c1-6-3-7(5-18(6)2)17-12-10(15)8(13)4-9(14)11(12)16/h4,6-7,17H,3,5H2,1-2H3. The predicted octanol–water partition coefficient (Wildman–Crippen LogP) is 2.75. The van der Waals surface area contributed by atoms with Crippen molar-refractivity contribution in [3.05, 3.63) is 29.3 Å². The van der Waals surface area contributed by atoms with E-state index in [-0.39, 0.29) is 18.2 Å². The molecule has 0 radical (unpaired) electrons. The highest BCUT2D eigenvalue weighted by atomic mass is 19.2. The van der Waals surface area contributed by atoms with Crippen LogP contribution < -0.4 is 5.32 Å². The highest BCUT2D eigenvalue weighted by Crippen LogP contribution is 2.27. The van der Waals surface area contributed by atoms with Crippen LogP contribution in [0.15, 0.2) is 6.07 Å². The number of likely N-dealkylation sites (tertiary alicyclic amines) is 1. The summed E-state index contributed by atoms with van der Waals surface area (Å²) in [4.78, 5) is 2.00. The van der Waals surface area contributed by atoms with Crippen molar-refractivity contribution in [1.82, 2.24) is 4.90 Å². The lowest BCUT2D eigenvalue weighted by molar-refractivity contribution is 0.330. The van der Waals surface area contributed by atoms with E-state index in [9.17, 15) is 17.6 Å². The first-order valence-electron chi connectivity index (χ1n) is 5.70. The number of nitrogens with one attached hydrogen (secondary N) is 1. The van der Waals surface area contributed by atoms with E-state index in [0.29, 0.717) is 13.0 Å². The molecule has 0 spiro atoms. The Morgan fingerprint density at radius 1 is 1.17 bits per heavy atom. The molecular weight excluding hydrogens is 248 g/mol. The Bertz CT molecular complexity index is 428. The zero-order chi connectivity index (χ0) is 13.4. The summed E-state index contributed by atoms with van der Waals surface area (Å²) in [5.41, 5.74) is -0.722. The Morgan fingerprint density at radius 3 is 2.17 bits per heavy atom. The summed E-state index contributed by atoms with van der Waals surface area (Å²) in [6.45, 7) is 2.54. The van der Waals surface area contributed by atoms with Gasteiger partial charge >= 0.3 is 0 Å². The molecule has 1 aliphatic heterocycles. The molecule has 2 unspecified atom stereocenters. The van der Waals surface area contributed by atoms with Crippen LogP contribution in [0.4, 0.5) is 23.2 Å². The van der Waals surface area contributed by atoms with Crippen molar-refractivity contribution in [2.75, 3.05) is 18.9 Å². The maximum absolute atomic E-state index is 13.4. The molecule has 2 rings (SSSR count). The summed E-state index contributed by atoms with van der Waals surface area (Å²) in [7, 11) is 1.88. The lowest BCUT2D eigenvalue weighted by atomic mass is 10.1. The molecule has 2 atom stereocenters. The second kappa shape index (κ2) is 4.76. The molecule has 0 amide bonds. The number of halogens is 4. The summed E-state index contributed by atoms with van der Waals surface area (Å²) in [5.74, 6) is -5.54. The fourth-order valence-corrected chi connectivity index (χ4v) is 2.20. The van der Waals surface area contributed by atoms with Crippen molar-refractivity contribution in [3.8, 4) is 0 Å². The molecule has 0 aromatic heterocycles. The van der Waals surface area contributed by atoms with E-state index in [2.05, 4.69) is 5.32 Å². The number of hydrogen-bond donors (Lipinski definition) is 1. The molecule has 0 bridgehead atoms. The smallest absolute Gasteiger partial charge is 0.185 e. The third-order valence-corrected chi connectivity index (χ3v) is 3.35. The van der Waals surface area contributed by atoms with Crippen LogP contribution in [-0.4, -0.2) is 30.6 Å². The Morgan fingerprint density at radius 2 is 1.72 bits per heavy atom. The second-order valence-electron chi connectivity index (χ2n) is 4.71. The van der Waals surface area contributed by atoms with Crippen molar-refractivity contribution in [2.24, 2.45) is 0 Å². The van der Waals surface area contributed by atoms with E-state index in [0.717, 1.165) is 0 Å². The van der Waals surface area contributed by atoms with Gasteiger partial charge in [0.05, 0.1) is 0 Å². The van der Waals surface area contributed by atoms with Crippen molar-refractivity contribution in [2.45, 2.75) is 25.4 Å². The van der Waals surface area contributed by atoms with E-state index >= 15 is 0 Å². The second-order valence-corrected chi connectivity index (χ2v) is 4.71. The molecule has 2 nitrogen and oxygen atoms in total. The van der Waals surface area contributed by atoms with Crippen molar-refractivity contribution >= 4 is 5.69 Å². The molecule has 18 heavy (non-hydrogen) atoms. The van der Waals surface area contributed by atoms with Gasteiger partial charge in [-0.3, -0.25) is 0 Å². The molecule has 0 aliphatic carbocycles. The third kappa shape index (κ3) is 2.29. The maximum atomic E-state index is 13.4. The van der Waals surface area contributed by atoms with Gasteiger partial charge in [-0.15, -0.1) is 0 Å². The van der Waals surface area contributed by atoms with Gasteiger partial charge in [-0.2, -0.15) is 0 Å². The average molecular weight is 262 g/mol. The molecule has 1 aromatic rings. The van der Waals surface area contributed by atoms with E-state index in [1.54, 1.807) is 0 Å². The number of nitrogens with zero attached hydrogens (tertiary/aromatic N) is 1. The summed E-state index contributed by atoms with van der Waals surface area (Å²) in [5, 5.41) is 2.55. The molecule has 1 aromatic carbocycles. The fourth-order valence-electron chi connectivity index (χ4n) is 2.20. The minimum atomic E-state index is -1.39. The monoisotopic (exact) mass is 262 g/mol. The van der Waals surface area contributed by atoms with Gasteiger partial charge in [0.1, 0.15) is 5.69 Å². The van der Waals surface area contributed by atoms with Crippen LogP contribution in [0, 0.1) is 23.3 Å². The van der Waals surface area contributed by atoms with Gasteiger partial charge < -0.3 is 10.2 Å². The van der Waals surface area contributed by atoms with Crippen LogP contribution in [0.3, 0.4) is 0 Å². The van der Waals surface area contributed by atoms with Gasteiger partial charge in [-0.05, 0) is 20.4 Å².